The maximum atomic E-state index is 6.17. The molecule has 0 N–H and O–H groups in total. The first kappa shape index (κ1) is 16.1. The van der Waals surface area contributed by atoms with Crippen LogP contribution < -0.4 is 4.74 Å². The maximum Gasteiger partial charge on any atom is 0.149 e. The van der Waals surface area contributed by atoms with E-state index in [1.165, 1.54) is 0 Å². The summed E-state index contributed by atoms with van der Waals surface area (Å²) < 4.78 is 11.4. The van der Waals surface area contributed by atoms with Gasteiger partial charge in [-0.25, -0.2) is 0 Å². The summed E-state index contributed by atoms with van der Waals surface area (Å²) >= 11 is 7.80. The average Bonchev–Trinajstić information content (AvgIpc) is 3.00. The normalized spacial score (nSPS) is 11.0. The summed E-state index contributed by atoms with van der Waals surface area (Å²) in [6.45, 7) is 0. The molecule has 2 nitrogen and oxygen atoms in total. The van der Waals surface area contributed by atoms with Gasteiger partial charge in [0, 0.05) is 20.9 Å². The van der Waals surface area contributed by atoms with E-state index in [9.17, 15) is 0 Å². The SMILES string of the molecule is COc1ccc(-c2oc3ccccc3c2Sc2cccc(Cl)c2)cc1. The Morgan fingerprint density at radius 2 is 1.72 bits per heavy atom. The second kappa shape index (κ2) is 6.87. The highest BCUT2D eigenvalue weighted by atomic mass is 35.5. The van der Waals surface area contributed by atoms with Gasteiger partial charge in [0.2, 0.25) is 0 Å². The average molecular weight is 367 g/mol. The summed E-state index contributed by atoms with van der Waals surface area (Å²) in [6.07, 6.45) is 0. The molecule has 4 aromatic rings. The number of benzene rings is 3. The molecular formula is C21H15ClO2S. The van der Waals surface area contributed by atoms with Crippen molar-refractivity contribution in [3.05, 3.63) is 77.8 Å². The molecule has 0 amide bonds. The van der Waals surface area contributed by atoms with Crippen LogP contribution in [0.5, 0.6) is 5.75 Å². The van der Waals surface area contributed by atoms with Crippen LogP contribution >= 0.6 is 23.4 Å². The molecule has 0 aliphatic rings. The molecule has 3 aromatic carbocycles. The quantitative estimate of drug-likeness (QED) is 0.391. The third-order valence-electron chi connectivity index (χ3n) is 3.92. The molecule has 124 valence electrons. The number of halogens is 1. The minimum Gasteiger partial charge on any atom is -0.497 e. The highest BCUT2D eigenvalue weighted by Gasteiger charge is 2.17. The molecule has 0 aliphatic heterocycles. The zero-order valence-corrected chi connectivity index (χ0v) is 15.1. The predicted octanol–water partition coefficient (Wildman–Crippen LogP) is 6.91. The van der Waals surface area contributed by atoms with E-state index in [-0.39, 0.29) is 0 Å². The van der Waals surface area contributed by atoms with Gasteiger partial charge in [-0.1, -0.05) is 41.6 Å². The molecule has 0 saturated heterocycles. The fourth-order valence-corrected chi connectivity index (χ4v) is 4.06. The van der Waals surface area contributed by atoms with E-state index in [0.717, 1.165) is 42.9 Å². The molecule has 0 bridgehead atoms. The van der Waals surface area contributed by atoms with Gasteiger partial charge in [0.15, 0.2) is 0 Å². The number of hydrogen-bond donors (Lipinski definition) is 0. The second-order valence-corrected chi connectivity index (χ2v) is 7.06. The van der Waals surface area contributed by atoms with Crippen molar-refractivity contribution in [2.45, 2.75) is 9.79 Å². The van der Waals surface area contributed by atoms with Gasteiger partial charge in [-0.2, -0.15) is 0 Å². The summed E-state index contributed by atoms with van der Waals surface area (Å²) in [5.74, 6) is 1.68. The van der Waals surface area contributed by atoms with Crippen molar-refractivity contribution in [2.24, 2.45) is 0 Å². The van der Waals surface area contributed by atoms with Crippen LogP contribution in [0.1, 0.15) is 0 Å². The minimum atomic E-state index is 0.726. The van der Waals surface area contributed by atoms with Gasteiger partial charge in [-0.3, -0.25) is 0 Å². The minimum absolute atomic E-state index is 0.726. The lowest BCUT2D eigenvalue weighted by Gasteiger charge is -2.05. The molecule has 4 rings (SSSR count). The molecule has 1 aromatic heterocycles. The van der Waals surface area contributed by atoms with Crippen molar-refractivity contribution in [3.8, 4) is 17.1 Å². The van der Waals surface area contributed by atoms with Gasteiger partial charge in [0.25, 0.3) is 0 Å². The van der Waals surface area contributed by atoms with Crippen LogP contribution in [0, 0.1) is 0 Å². The largest absolute Gasteiger partial charge is 0.497 e. The summed E-state index contributed by atoms with van der Waals surface area (Å²) in [7, 11) is 1.66. The Balaban J connectivity index is 1.85. The van der Waals surface area contributed by atoms with Crippen molar-refractivity contribution in [1.82, 2.24) is 0 Å². The Labute approximate surface area is 155 Å². The molecule has 1 heterocycles. The van der Waals surface area contributed by atoms with Crippen LogP contribution in [0.15, 0.2) is 87.0 Å². The fourth-order valence-electron chi connectivity index (χ4n) is 2.70. The van der Waals surface area contributed by atoms with Crippen LogP contribution in [0.2, 0.25) is 5.02 Å². The summed E-state index contributed by atoms with van der Waals surface area (Å²) in [4.78, 5) is 2.16. The Bertz CT molecular complexity index is 1020. The molecule has 4 heteroatoms. The van der Waals surface area contributed by atoms with Gasteiger partial charge in [0.05, 0.1) is 12.0 Å². The van der Waals surface area contributed by atoms with Crippen LogP contribution in [-0.4, -0.2) is 7.11 Å². The zero-order valence-electron chi connectivity index (χ0n) is 13.5. The molecule has 0 unspecified atom stereocenters. The molecule has 0 spiro atoms. The van der Waals surface area contributed by atoms with Crippen LogP contribution in [-0.2, 0) is 0 Å². The maximum absolute atomic E-state index is 6.17. The van der Waals surface area contributed by atoms with Gasteiger partial charge in [-0.15, -0.1) is 0 Å². The van der Waals surface area contributed by atoms with Crippen LogP contribution in [0.3, 0.4) is 0 Å². The van der Waals surface area contributed by atoms with Crippen molar-refractivity contribution >= 4 is 34.3 Å². The fraction of sp³-hybridized carbons (Fsp3) is 0.0476. The third kappa shape index (κ3) is 3.26. The standard InChI is InChI=1S/C21H15ClO2S/c1-23-16-11-9-14(10-12-16)20-21(18-7-2-3-8-19(18)24-20)25-17-6-4-5-15(22)13-17/h2-13H,1H3. The Kier molecular flexibility index (Phi) is 4.43. The number of para-hydroxylation sites is 1. The van der Waals surface area contributed by atoms with Gasteiger partial charge < -0.3 is 9.15 Å². The Morgan fingerprint density at radius 3 is 2.48 bits per heavy atom. The number of furan rings is 1. The second-order valence-electron chi connectivity index (χ2n) is 5.54. The topological polar surface area (TPSA) is 22.4 Å². The molecule has 25 heavy (non-hydrogen) atoms. The first-order valence-electron chi connectivity index (χ1n) is 7.84. The molecule has 0 saturated carbocycles. The van der Waals surface area contributed by atoms with Crippen molar-refractivity contribution in [1.29, 1.82) is 0 Å². The smallest absolute Gasteiger partial charge is 0.149 e. The van der Waals surface area contributed by atoms with Crippen molar-refractivity contribution in [2.75, 3.05) is 7.11 Å². The number of rotatable bonds is 4. The van der Waals surface area contributed by atoms with E-state index in [4.69, 9.17) is 20.8 Å². The molecule has 0 fully saturated rings. The lowest BCUT2D eigenvalue weighted by Crippen LogP contribution is -1.83. The monoisotopic (exact) mass is 366 g/mol. The lowest BCUT2D eigenvalue weighted by molar-refractivity contribution is 0.415. The van der Waals surface area contributed by atoms with Gasteiger partial charge >= 0.3 is 0 Å². The zero-order chi connectivity index (χ0) is 17.2. The van der Waals surface area contributed by atoms with E-state index in [1.54, 1.807) is 18.9 Å². The van der Waals surface area contributed by atoms with E-state index in [0.29, 0.717) is 0 Å². The molecule has 0 atom stereocenters. The molecular weight excluding hydrogens is 352 g/mol. The highest BCUT2D eigenvalue weighted by molar-refractivity contribution is 7.99. The van der Waals surface area contributed by atoms with E-state index >= 15 is 0 Å². The van der Waals surface area contributed by atoms with E-state index in [2.05, 4.69) is 12.1 Å². The Hall–Kier alpha value is -2.36. The van der Waals surface area contributed by atoms with Crippen molar-refractivity contribution < 1.29 is 9.15 Å². The first-order valence-corrected chi connectivity index (χ1v) is 9.03. The first-order chi connectivity index (χ1) is 12.2. The van der Waals surface area contributed by atoms with E-state index < -0.39 is 0 Å². The van der Waals surface area contributed by atoms with Crippen molar-refractivity contribution in [3.63, 3.8) is 0 Å². The Morgan fingerprint density at radius 1 is 0.920 bits per heavy atom. The number of ether oxygens (including phenoxy) is 1. The number of hydrogen-bond acceptors (Lipinski definition) is 3. The van der Waals surface area contributed by atoms with Gasteiger partial charge in [-0.05, 0) is 54.6 Å². The number of methoxy groups -OCH3 is 1. The molecule has 0 aliphatic carbocycles. The van der Waals surface area contributed by atoms with Crippen LogP contribution in [0.25, 0.3) is 22.3 Å². The van der Waals surface area contributed by atoms with Gasteiger partial charge in [0.1, 0.15) is 17.1 Å². The summed E-state index contributed by atoms with van der Waals surface area (Å²) in [5.41, 5.74) is 1.89. The predicted molar refractivity (Wildman–Crippen MR) is 104 cm³/mol. The van der Waals surface area contributed by atoms with E-state index in [1.807, 2.05) is 60.7 Å². The summed E-state index contributed by atoms with van der Waals surface area (Å²) in [6, 6.07) is 23.8. The number of fused-ring (bicyclic) bond motifs is 1. The molecule has 0 radical (unpaired) electrons. The lowest BCUT2D eigenvalue weighted by atomic mass is 10.1. The highest BCUT2D eigenvalue weighted by Crippen LogP contribution is 2.43. The van der Waals surface area contributed by atoms with Crippen LogP contribution in [0.4, 0.5) is 0 Å². The third-order valence-corrected chi connectivity index (χ3v) is 5.25. The summed E-state index contributed by atoms with van der Waals surface area (Å²) in [5, 5.41) is 1.82.